The van der Waals surface area contributed by atoms with Crippen LogP contribution in [0.4, 0.5) is 11.4 Å². The van der Waals surface area contributed by atoms with Gasteiger partial charge in [0.15, 0.2) is 0 Å². The van der Waals surface area contributed by atoms with E-state index in [1.165, 1.54) is 43.2 Å². The normalized spacial score (nSPS) is 12.1. The first-order valence-corrected chi connectivity index (χ1v) is 17.2. The molecular weight excluding hydrogens is 644 g/mol. The van der Waals surface area contributed by atoms with Crippen molar-refractivity contribution in [2.75, 3.05) is 18.0 Å². The van der Waals surface area contributed by atoms with Crippen LogP contribution in [-0.2, 0) is 32.6 Å². The quantitative estimate of drug-likeness (QED) is 0.135. The second-order valence-electron chi connectivity index (χ2n) is 12.9. The highest BCUT2D eigenvalue weighted by atomic mass is 32.2. The second-order valence-corrected chi connectivity index (χ2v) is 14.7. The Bertz CT molecular complexity index is 1910. The van der Waals surface area contributed by atoms with Crippen molar-refractivity contribution in [3.63, 3.8) is 0 Å². The highest BCUT2D eigenvalue weighted by Gasteiger charge is 2.36. The lowest BCUT2D eigenvalue weighted by Crippen LogP contribution is -2.56. The van der Waals surface area contributed by atoms with E-state index in [2.05, 4.69) is 5.32 Å². The van der Waals surface area contributed by atoms with Crippen molar-refractivity contribution in [2.24, 2.45) is 0 Å². The van der Waals surface area contributed by atoms with E-state index in [0.717, 1.165) is 27.1 Å². The Kier molecular flexibility index (Phi) is 11.5. The Morgan fingerprint density at radius 1 is 0.898 bits per heavy atom. The molecule has 4 aromatic rings. The molecule has 0 bridgehead atoms. The molecule has 0 radical (unpaired) electrons. The third-order valence-electron chi connectivity index (χ3n) is 7.81. The molecule has 0 unspecified atom stereocenters. The molecule has 0 spiro atoms. The minimum Gasteiger partial charge on any atom is -0.497 e. The molecule has 0 saturated heterocycles. The summed E-state index contributed by atoms with van der Waals surface area (Å²) in [4.78, 5) is 40.8. The fourth-order valence-electron chi connectivity index (χ4n) is 5.36. The third-order valence-corrected chi connectivity index (χ3v) is 9.58. The van der Waals surface area contributed by atoms with Crippen LogP contribution in [-0.4, -0.2) is 55.3 Å². The van der Waals surface area contributed by atoms with Crippen molar-refractivity contribution >= 4 is 33.2 Å². The maximum atomic E-state index is 14.7. The highest BCUT2D eigenvalue weighted by Crippen LogP contribution is 2.30. The number of carbonyl (C=O) groups excluding carboxylic acids is 2. The predicted octanol–water partition coefficient (Wildman–Crippen LogP) is 5.97. The van der Waals surface area contributed by atoms with Gasteiger partial charge in [0.1, 0.15) is 18.3 Å². The lowest BCUT2D eigenvalue weighted by molar-refractivity contribution is -0.385. The van der Waals surface area contributed by atoms with E-state index in [0.29, 0.717) is 5.75 Å². The largest absolute Gasteiger partial charge is 0.497 e. The Hall–Kier alpha value is -5.23. The van der Waals surface area contributed by atoms with Crippen molar-refractivity contribution < 1.29 is 27.7 Å². The Labute approximate surface area is 287 Å². The zero-order valence-electron chi connectivity index (χ0n) is 28.5. The minimum atomic E-state index is -4.55. The number of anilines is 1. The molecule has 49 heavy (non-hydrogen) atoms. The smallest absolute Gasteiger partial charge is 0.273 e. The number of methoxy groups -OCH3 is 1. The van der Waals surface area contributed by atoms with Crippen LogP contribution in [0.25, 0.3) is 0 Å². The lowest BCUT2D eigenvalue weighted by Gasteiger charge is -2.35. The Morgan fingerprint density at radius 2 is 1.55 bits per heavy atom. The van der Waals surface area contributed by atoms with E-state index in [1.54, 1.807) is 12.1 Å². The molecule has 1 atom stereocenters. The molecule has 12 heteroatoms. The van der Waals surface area contributed by atoms with Gasteiger partial charge in [-0.05, 0) is 76.1 Å². The molecule has 11 nitrogen and oxygen atoms in total. The summed E-state index contributed by atoms with van der Waals surface area (Å²) in [6, 6.07) is 25.5. The second kappa shape index (κ2) is 15.3. The molecule has 0 fully saturated rings. The average Bonchev–Trinajstić information content (AvgIpc) is 3.04. The van der Waals surface area contributed by atoms with Gasteiger partial charge in [0.05, 0.1) is 22.6 Å². The number of sulfonamides is 1. The zero-order valence-corrected chi connectivity index (χ0v) is 29.4. The van der Waals surface area contributed by atoms with Crippen molar-refractivity contribution in [3.8, 4) is 5.75 Å². The number of amides is 2. The van der Waals surface area contributed by atoms with Gasteiger partial charge in [0.25, 0.3) is 15.7 Å². The maximum Gasteiger partial charge on any atom is 0.273 e. The van der Waals surface area contributed by atoms with Gasteiger partial charge in [-0.25, -0.2) is 8.42 Å². The van der Waals surface area contributed by atoms with Crippen LogP contribution in [0.5, 0.6) is 5.75 Å². The summed E-state index contributed by atoms with van der Waals surface area (Å²) in [7, 11) is -3.08. The van der Waals surface area contributed by atoms with Crippen LogP contribution in [0, 0.1) is 24.0 Å². The van der Waals surface area contributed by atoms with Crippen LogP contribution in [0.15, 0.2) is 102 Å². The molecule has 0 aliphatic heterocycles. The molecule has 2 amide bonds. The monoisotopic (exact) mass is 686 g/mol. The Morgan fingerprint density at radius 3 is 2.14 bits per heavy atom. The minimum absolute atomic E-state index is 0.0160. The topological polar surface area (TPSA) is 139 Å². The highest BCUT2D eigenvalue weighted by molar-refractivity contribution is 7.92. The molecule has 4 aromatic carbocycles. The van der Waals surface area contributed by atoms with Crippen LogP contribution in [0.3, 0.4) is 0 Å². The molecule has 258 valence electrons. The number of nitro groups is 1. The summed E-state index contributed by atoms with van der Waals surface area (Å²) in [5.74, 6) is -0.584. The number of ether oxygens (including phenoxy) is 1. The first-order valence-electron chi connectivity index (χ1n) is 15.7. The standard InChI is InChI=1S/C37H42N4O7S/c1-26-11-10-14-29(21-26)24-39(34(36(43)38-37(3,4)5)22-28-12-8-7-9-13-28)35(42)25-40(30-16-18-31(48-6)19-17-30)49(46,47)32-20-15-27(2)33(23-32)41(44)45/h7-21,23,34H,22,24-25H2,1-6H3,(H,38,43)/t34-/m0/s1. The lowest BCUT2D eigenvalue weighted by atomic mass is 10.0. The first kappa shape index (κ1) is 36.6. The molecule has 0 aliphatic rings. The molecular formula is C37H42N4O7S. The summed E-state index contributed by atoms with van der Waals surface area (Å²) < 4.78 is 34.8. The van der Waals surface area contributed by atoms with Gasteiger partial charge in [-0.15, -0.1) is 0 Å². The number of nitrogens with zero attached hydrogens (tertiary/aromatic N) is 3. The summed E-state index contributed by atoms with van der Waals surface area (Å²) in [5.41, 5.74) is 1.94. The number of nitrogens with one attached hydrogen (secondary N) is 1. The number of benzene rings is 4. The van der Waals surface area contributed by atoms with Crippen LogP contribution in [0.2, 0.25) is 0 Å². The maximum absolute atomic E-state index is 14.7. The fraction of sp³-hybridized carbons (Fsp3) is 0.297. The van der Waals surface area contributed by atoms with E-state index in [1.807, 2.05) is 82.3 Å². The van der Waals surface area contributed by atoms with Gasteiger partial charge in [-0.2, -0.15) is 0 Å². The van der Waals surface area contributed by atoms with E-state index in [-0.39, 0.29) is 34.8 Å². The number of nitro benzene ring substituents is 1. The summed E-state index contributed by atoms with van der Waals surface area (Å²) in [6.45, 7) is 8.28. The molecule has 1 N–H and O–H groups in total. The van der Waals surface area contributed by atoms with Gasteiger partial charge in [-0.1, -0.05) is 66.2 Å². The van der Waals surface area contributed by atoms with E-state index >= 15 is 0 Å². The third kappa shape index (κ3) is 9.44. The molecule has 0 aromatic heterocycles. The van der Waals surface area contributed by atoms with Gasteiger partial charge >= 0.3 is 0 Å². The number of carbonyl (C=O) groups is 2. The van der Waals surface area contributed by atoms with Gasteiger partial charge in [-0.3, -0.25) is 24.0 Å². The van der Waals surface area contributed by atoms with Crippen molar-refractivity contribution in [1.82, 2.24) is 10.2 Å². The number of aryl methyl sites for hydroxylation is 2. The van der Waals surface area contributed by atoms with E-state index in [9.17, 15) is 28.1 Å². The number of rotatable bonds is 13. The van der Waals surface area contributed by atoms with Crippen LogP contribution in [0.1, 0.15) is 43.0 Å². The van der Waals surface area contributed by atoms with E-state index in [4.69, 9.17) is 4.74 Å². The number of hydrogen-bond acceptors (Lipinski definition) is 7. The first-order chi connectivity index (χ1) is 23.1. The molecule has 4 rings (SSSR count). The molecule has 0 aliphatic carbocycles. The number of hydrogen-bond donors (Lipinski definition) is 1. The van der Waals surface area contributed by atoms with Crippen LogP contribution >= 0.6 is 0 Å². The van der Waals surface area contributed by atoms with Gasteiger partial charge < -0.3 is 15.0 Å². The zero-order chi connectivity index (χ0) is 35.9. The fourth-order valence-corrected chi connectivity index (χ4v) is 6.80. The van der Waals surface area contributed by atoms with Crippen molar-refractivity contribution in [2.45, 2.75) is 64.1 Å². The molecule has 0 heterocycles. The van der Waals surface area contributed by atoms with Gasteiger partial charge in [0.2, 0.25) is 11.8 Å². The Balaban J connectivity index is 1.86. The van der Waals surface area contributed by atoms with Crippen molar-refractivity contribution in [1.29, 1.82) is 0 Å². The summed E-state index contributed by atoms with van der Waals surface area (Å²) in [5, 5.41) is 14.8. The van der Waals surface area contributed by atoms with Crippen LogP contribution < -0.4 is 14.4 Å². The van der Waals surface area contributed by atoms with Crippen molar-refractivity contribution in [3.05, 3.63) is 129 Å². The molecule has 0 saturated carbocycles. The summed E-state index contributed by atoms with van der Waals surface area (Å²) >= 11 is 0. The SMILES string of the molecule is COc1ccc(N(CC(=O)N(Cc2cccc(C)c2)[C@@H](Cc2ccccc2)C(=O)NC(C)(C)C)S(=O)(=O)c2ccc(C)c([N+](=O)[O-])c2)cc1. The van der Waals surface area contributed by atoms with Gasteiger partial charge in [0, 0.05) is 30.1 Å². The predicted molar refractivity (Wildman–Crippen MR) is 189 cm³/mol. The summed E-state index contributed by atoms with van der Waals surface area (Å²) in [6.07, 6.45) is 0.166. The average molecular weight is 687 g/mol. The van der Waals surface area contributed by atoms with E-state index < -0.39 is 44.9 Å².